The minimum atomic E-state index is -3.95. The molecule has 2 aromatic heterocycles. The number of nitrogens with zero attached hydrogens (tertiary/aromatic N) is 3. The van der Waals surface area contributed by atoms with Crippen molar-refractivity contribution in [2.45, 2.75) is 4.90 Å². The van der Waals surface area contributed by atoms with Gasteiger partial charge in [-0.1, -0.05) is 35.0 Å². The molecular weight excluding hydrogens is 575 g/mol. The van der Waals surface area contributed by atoms with Gasteiger partial charge in [0.15, 0.2) is 5.82 Å². The number of nitrogens with one attached hydrogen (secondary N) is 1. The Morgan fingerprint density at radius 2 is 1.89 bits per heavy atom. The molecule has 0 bridgehead atoms. The maximum absolute atomic E-state index is 13.8. The number of halogens is 3. The Kier molecular flexibility index (Phi) is 6.37. The van der Waals surface area contributed by atoms with Crippen molar-refractivity contribution in [3.05, 3.63) is 82.4 Å². The van der Waals surface area contributed by atoms with Crippen molar-refractivity contribution >= 4 is 54.3 Å². The fourth-order valence-corrected chi connectivity index (χ4v) is 5.54. The largest absolute Gasteiger partial charge is 0.496 e. The zero-order valence-electron chi connectivity index (χ0n) is 18.4. The molecule has 0 aliphatic rings. The van der Waals surface area contributed by atoms with Crippen LogP contribution in [0.4, 0.5) is 10.2 Å². The van der Waals surface area contributed by atoms with E-state index in [1.807, 2.05) is 0 Å². The molecule has 0 aliphatic heterocycles. The molecule has 5 aromatic rings. The molecule has 8 nitrogen and oxygen atoms in total. The Morgan fingerprint density at radius 3 is 2.61 bits per heavy atom. The summed E-state index contributed by atoms with van der Waals surface area (Å²) in [4.78, 5) is -0.0352. The highest BCUT2D eigenvalue weighted by Gasteiger charge is 2.21. The van der Waals surface area contributed by atoms with E-state index in [0.717, 1.165) is 0 Å². The van der Waals surface area contributed by atoms with Gasteiger partial charge in [-0.2, -0.15) is 0 Å². The summed E-state index contributed by atoms with van der Waals surface area (Å²) in [7, 11) is -2.44. The first kappa shape index (κ1) is 24.2. The predicted molar refractivity (Wildman–Crippen MR) is 137 cm³/mol. The quantitative estimate of drug-likeness (QED) is 0.247. The first-order valence-corrected chi connectivity index (χ1v) is 13.0. The Labute approximate surface area is 218 Å². The number of ether oxygens (including phenoxy) is 1. The summed E-state index contributed by atoms with van der Waals surface area (Å²) >= 11 is 10.1. The van der Waals surface area contributed by atoms with Crippen molar-refractivity contribution in [3.8, 4) is 28.0 Å². The van der Waals surface area contributed by atoms with Crippen molar-refractivity contribution in [3.63, 3.8) is 0 Å². The van der Waals surface area contributed by atoms with Crippen LogP contribution in [0.25, 0.3) is 33.2 Å². The zero-order valence-corrected chi connectivity index (χ0v) is 21.5. The van der Waals surface area contributed by atoms with Crippen LogP contribution in [0.15, 0.2) is 80.9 Å². The van der Waals surface area contributed by atoms with E-state index in [2.05, 4.69) is 40.5 Å². The van der Waals surface area contributed by atoms with Crippen LogP contribution < -0.4 is 9.46 Å². The van der Waals surface area contributed by atoms with Crippen molar-refractivity contribution in [2.75, 3.05) is 11.8 Å². The third-order valence-corrected chi connectivity index (χ3v) is 7.59. The van der Waals surface area contributed by atoms with Crippen molar-refractivity contribution in [2.24, 2.45) is 0 Å². The van der Waals surface area contributed by atoms with Gasteiger partial charge in [-0.15, -0.1) is 10.2 Å². The van der Waals surface area contributed by atoms with E-state index in [1.165, 1.54) is 43.7 Å². The van der Waals surface area contributed by atoms with Crippen LogP contribution in [0.3, 0.4) is 0 Å². The Balaban J connectivity index is 1.64. The number of fused-ring (bicyclic) bond motifs is 1. The molecule has 1 N–H and O–H groups in total. The highest BCUT2D eigenvalue weighted by Crippen LogP contribution is 2.43. The number of rotatable bonds is 6. The lowest BCUT2D eigenvalue weighted by molar-refractivity contribution is 0.416. The maximum Gasteiger partial charge on any atom is 0.263 e. The van der Waals surface area contributed by atoms with Crippen LogP contribution in [0.5, 0.6) is 5.75 Å². The second kappa shape index (κ2) is 9.49. The Morgan fingerprint density at radius 1 is 1.06 bits per heavy atom. The van der Waals surface area contributed by atoms with Crippen LogP contribution in [0, 0.1) is 5.82 Å². The standard InChI is InChI=1S/C24H15BrClFN4O4S/c1-34-21-12-17(13-3-2-4-14(27)9-13)19(26)11-18(21)23-16-6-5-15(10-20(16)28-29-24(23)25)36(32,33)31-22-7-8-35-30-22/h2-12H,1H3,(H,30,31). The number of aromatic nitrogens is 3. The van der Waals surface area contributed by atoms with Crippen molar-refractivity contribution in [1.82, 2.24) is 15.4 Å². The monoisotopic (exact) mass is 588 g/mol. The summed E-state index contributed by atoms with van der Waals surface area (Å²) in [6, 6.07) is 15.3. The van der Waals surface area contributed by atoms with Crippen molar-refractivity contribution < 1.29 is 22.1 Å². The molecule has 0 atom stereocenters. The van der Waals surface area contributed by atoms with E-state index in [0.29, 0.717) is 48.5 Å². The van der Waals surface area contributed by atoms with Crippen molar-refractivity contribution in [1.29, 1.82) is 0 Å². The van der Waals surface area contributed by atoms with Crippen LogP contribution in [-0.4, -0.2) is 30.9 Å². The number of hydrogen-bond acceptors (Lipinski definition) is 7. The molecule has 36 heavy (non-hydrogen) atoms. The first-order chi connectivity index (χ1) is 17.3. The second-order valence-corrected chi connectivity index (χ2v) is 10.4. The predicted octanol–water partition coefficient (Wildman–Crippen LogP) is 6.32. The van der Waals surface area contributed by atoms with E-state index < -0.39 is 10.0 Å². The topological polar surface area (TPSA) is 107 Å². The second-order valence-electron chi connectivity index (χ2n) is 7.58. The van der Waals surface area contributed by atoms with Gasteiger partial charge in [0.05, 0.1) is 17.5 Å². The van der Waals surface area contributed by atoms with Gasteiger partial charge in [0.1, 0.15) is 22.4 Å². The summed E-state index contributed by atoms with van der Waals surface area (Å²) < 4.78 is 52.4. The van der Waals surface area contributed by atoms with E-state index in [-0.39, 0.29) is 16.5 Å². The van der Waals surface area contributed by atoms with Gasteiger partial charge in [0, 0.05) is 33.2 Å². The summed E-state index contributed by atoms with van der Waals surface area (Å²) in [5.41, 5.74) is 2.69. The minimum Gasteiger partial charge on any atom is -0.496 e. The van der Waals surface area contributed by atoms with E-state index >= 15 is 0 Å². The van der Waals surface area contributed by atoms with Gasteiger partial charge >= 0.3 is 0 Å². The molecule has 2 heterocycles. The molecule has 0 spiro atoms. The summed E-state index contributed by atoms with van der Waals surface area (Å²) in [5.74, 6) is 0.121. The van der Waals surface area contributed by atoms with E-state index in [4.69, 9.17) is 16.3 Å². The lowest BCUT2D eigenvalue weighted by Crippen LogP contribution is -2.13. The highest BCUT2D eigenvalue weighted by atomic mass is 79.9. The normalized spacial score (nSPS) is 11.6. The molecule has 0 amide bonds. The molecule has 0 radical (unpaired) electrons. The molecule has 0 unspecified atom stereocenters. The average Bonchev–Trinajstić information content (AvgIpc) is 3.36. The number of anilines is 1. The average molecular weight is 590 g/mol. The molecule has 0 fully saturated rings. The molecule has 0 saturated carbocycles. The number of sulfonamides is 1. The van der Waals surface area contributed by atoms with Gasteiger partial charge in [-0.3, -0.25) is 4.72 Å². The van der Waals surface area contributed by atoms with Gasteiger partial charge in [0.2, 0.25) is 0 Å². The third kappa shape index (κ3) is 4.52. The number of benzene rings is 3. The smallest absolute Gasteiger partial charge is 0.263 e. The van der Waals surface area contributed by atoms with Crippen LogP contribution >= 0.6 is 27.5 Å². The molecule has 182 valence electrons. The van der Waals surface area contributed by atoms with Gasteiger partial charge < -0.3 is 9.26 Å². The number of methoxy groups -OCH3 is 1. The van der Waals surface area contributed by atoms with Crippen LogP contribution in [-0.2, 0) is 10.0 Å². The SMILES string of the molecule is COc1cc(-c2cccc(F)c2)c(Cl)cc1-c1c(Br)nnc2cc(S(=O)(=O)Nc3ccon3)ccc12. The van der Waals surface area contributed by atoms with E-state index in [9.17, 15) is 12.8 Å². The zero-order chi connectivity index (χ0) is 25.4. The molecule has 12 heteroatoms. The fourth-order valence-electron chi connectivity index (χ4n) is 3.74. The molecule has 0 saturated heterocycles. The van der Waals surface area contributed by atoms with E-state index in [1.54, 1.807) is 30.3 Å². The highest BCUT2D eigenvalue weighted by molar-refractivity contribution is 9.10. The molecule has 3 aromatic carbocycles. The molecular formula is C24H15BrClFN4O4S. The lowest BCUT2D eigenvalue weighted by atomic mass is 9.97. The summed E-state index contributed by atoms with van der Waals surface area (Å²) in [5, 5.41) is 12.8. The first-order valence-electron chi connectivity index (χ1n) is 10.3. The van der Waals surface area contributed by atoms with Gasteiger partial charge in [-0.25, -0.2) is 12.8 Å². The van der Waals surface area contributed by atoms with Crippen LogP contribution in [0.2, 0.25) is 5.02 Å². The van der Waals surface area contributed by atoms with Crippen LogP contribution in [0.1, 0.15) is 0 Å². The fraction of sp³-hybridized carbons (Fsp3) is 0.0417. The van der Waals surface area contributed by atoms with Gasteiger partial charge in [-0.05, 0) is 57.9 Å². The Bertz CT molecular complexity index is 1720. The minimum absolute atomic E-state index is 0.0352. The van der Waals surface area contributed by atoms with Gasteiger partial charge in [0.25, 0.3) is 10.0 Å². The molecule has 5 rings (SSSR count). The molecule has 0 aliphatic carbocycles. The third-order valence-electron chi connectivity index (χ3n) is 5.37. The summed E-state index contributed by atoms with van der Waals surface area (Å²) in [6.45, 7) is 0. The number of hydrogen-bond donors (Lipinski definition) is 1. The lowest BCUT2D eigenvalue weighted by Gasteiger charge is -2.16. The summed E-state index contributed by atoms with van der Waals surface area (Å²) in [6.07, 6.45) is 1.26. The maximum atomic E-state index is 13.8. The Hall–Kier alpha value is -3.54.